The van der Waals surface area contributed by atoms with Crippen LogP contribution in [0.25, 0.3) is 10.9 Å². The van der Waals surface area contributed by atoms with Gasteiger partial charge in [0.1, 0.15) is 34.7 Å². The molecular formula is C42H53N5O9S. The van der Waals surface area contributed by atoms with Crippen LogP contribution < -0.4 is 19.5 Å². The molecule has 1 spiro atoms. The van der Waals surface area contributed by atoms with Crippen molar-refractivity contribution in [2.45, 2.75) is 144 Å². The summed E-state index contributed by atoms with van der Waals surface area (Å²) < 4.78 is 40.3. The largest absolute Gasteiger partial charge is 0.497 e. The first-order chi connectivity index (χ1) is 27.1. The van der Waals surface area contributed by atoms with E-state index in [-0.39, 0.29) is 25.3 Å². The number of nitrogens with zero attached hydrogens (tertiary/aromatic N) is 3. The molecule has 3 N–H and O–H groups in total. The minimum Gasteiger partial charge on any atom is -0.497 e. The molecule has 5 atom stereocenters. The number of sulfonamides is 1. The molecule has 4 amide bonds. The van der Waals surface area contributed by atoms with Crippen LogP contribution in [0.15, 0.2) is 30.4 Å². The first kappa shape index (κ1) is 38.1. The van der Waals surface area contributed by atoms with E-state index < -0.39 is 73.3 Å². The molecular weight excluding hydrogens is 751 g/mol. The number of ether oxygens (including phenoxy) is 2. The highest BCUT2D eigenvalue weighted by atomic mass is 32.2. The molecule has 1 saturated heterocycles. The van der Waals surface area contributed by atoms with Crippen molar-refractivity contribution in [1.29, 1.82) is 0 Å². The van der Waals surface area contributed by atoms with Gasteiger partial charge in [0.2, 0.25) is 21.8 Å². The SMILES string of the molecule is COc1ccc2nc(C)c3c(c2c1)CC[C@]1(C[C@H]2C(=O)N[C@]4(C(=O)NS(=O)(=O)C5(C)CC5)C[C@H]4/C=C\CCCCC[C@H](N(C(=O)O)C4(C5CC5)CC4)C(=O)N2C1)O3. The number of aromatic nitrogens is 1. The fourth-order valence-corrected chi connectivity index (χ4v) is 11.4. The standard InChI is InChI=1S/C42H53N5O9S/c1-25-34-29(30-21-28(55-3)13-14-31(30)43-25)15-16-40(56-34)23-33-35(48)44-42(37(50)45-57(53,54)39(2)17-18-39)22-27(42)9-7-5-4-6-8-10-32(36(49)46(33)24-40)47(38(51)52)41(19-20-41)26-11-12-26/h7,9,13-14,21,26-27,32-33H,4-6,8,10-12,15-20,22-24H2,1-3H3,(H,44,48)(H,45,50)(H,51,52)/b9-7-/t27-,32+,33+,40-,42-/m1/s1. The topological polar surface area (TPSA) is 185 Å². The van der Waals surface area contributed by atoms with E-state index in [2.05, 4.69) is 10.0 Å². The number of carbonyl (C=O) groups is 4. The summed E-state index contributed by atoms with van der Waals surface area (Å²) in [5.41, 5.74) is -0.673. The molecule has 3 aliphatic heterocycles. The lowest BCUT2D eigenvalue weighted by molar-refractivity contribution is -0.144. The van der Waals surface area contributed by atoms with Crippen molar-refractivity contribution in [2.24, 2.45) is 11.8 Å². The summed E-state index contributed by atoms with van der Waals surface area (Å²) in [6.07, 6.45) is 11.4. The van der Waals surface area contributed by atoms with Crippen molar-refractivity contribution in [3.63, 3.8) is 0 Å². The molecule has 4 heterocycles. The average molecular weight is 804 g/mol. The first-order valence-electron chi connectivity index (χ1n) is 20.7. The number of hydrogen-bond donors (Lipinski definition) is 3. The second-order valence-electron chi connectivity index (χ2n) is 18.1. The maximum Gasteiger partial charge on any atom is 0.408 e. The summed E-state index contributed by atoms with van der Waals surface area (Å²) >= 11 is 0. The van der Waals surface area contributed by atoms with Crippen molar-refractivity contribution in [3.05, 3.63) is 41.6 Å². The van der Waals surface area contributed by atoms with Gasteiger partial charge in [0.05, 0.1) is 35.2 Å². The van der Waals surface area contributed by atoms with Crippen molar-refractivity contribution in [2.75, 3.05) is 13.7 Å². The summed E-state index contributed by atoms with van der Waals surface area (Å²) in [6.45, 7) is 3.51. The summed E-state index contributed by atoms with van der Waals surface area (Å²) in [6, 6.07) is 3.60. The van der Waals surface area contributed by atoms with Crippen LogP contribution in [0, 0.1) is 18.8 Å². The van der Waals surface area contributed by atoms with Gasteiger partial charge in [-0.15, -0.1) is 0 Å². The highest BCUT2D eigenvalue weighted by molar-refractivity contribution is 7.91. The van der Waals surface area contributed by atoms with Gasteiger partial charge in [-0.2, -0.15) is 0 Å². The number of rotatable bonds is 7. The van der Waals surface area contributed by atoms with Crippen molar-refractivity contribution < 1.29 is 42.2 Å². The predicted octanol–water partition coefficient (Wildman–Crippen LogP) is 4.90. The molecule has 14 nitrogen and oxygen atoms in total. The number of carboxylic acid groups (broad SMARTS) is 1. The van der Waals surface area contributed by atoms with Crippen LogP contribution in [0.3, 0.4) is 0 Å². The van der Waals surface area contributed by atoms with Crippen LogP contribution in [0.4, 0.5) is 4.79 Å². The molecule has 1 aromatic heterocycles. The predicted molar refractivity (Wildman–Crippen MR) is 209 cm³/mol. The molecule has 1 aromatic carbocycles. The van der Waals surface area contributed by atoms with Crippen LogP contribution in [0.2, 0.25) is 0 Å². The minimum atomic E-state index is -4.00. The third-order valence-corrected chi connectivity index (χ3v) is 16.4. The number of amides is 4. The van der Waals surface area contributed by atoms with Gasteiger partial charge in [0.15, 0.2) is 0 Å². The lowest BCUT2D eigenvalue weighted by atomic mass is 9.87. The first-order valence-corrected chi connectivity index (χ1v) is 22.2. The highest BCUT2D eigenvalue weighted by Gasteiger charge is 2.65. The molecule has 0 unspecified atom stereocenters. The molecule has 2 aromatic rings. The van der Waals surface area contributed by atoms with E-state index in [0.717, 1.165) is 42.1 Å². The number of benzene rings is 1. The Kier molecular flexibility index (Phi) is 8.91. The van der Waals surface area contributed by atoms with Crippen LogP contribution in [-0.4, -0.2) is 99.3 Å². The summed E-state index contributed by atoms with van der Waals surface area (Å²) in [4.78, 5) is 65.2. The van der Waals surface area contributed by atoms with Crippen LogP contribution in [-0.2, 0) is 30.8 Å². The van der Waals surface area contributed by atoms with E-state index in [1.807, 2.05) is 37.3 Å². The van der Waals surface area contributed by atoms with E-state index in [1.54, 1.807) is 14.0 Å². The van der Waals surface area contributed by atoms with Crippen molar-refractivity contribution in [3.8, 4) is 11.5 Å². The van der Waals surface area contributed by atoms with E-state index in [0.29, 0.717) is 75.0 Å². The van der Waals surface area contributed by atoms with Crippen LogP contribution in [0.5, 0.6) is 11.5 Å². The number of fused-ring (bicyclic) bond motifs is 5. The zero-order valence-electron chi connectivity index (χ0n) is 33.0. The number of aryl methyl sites for hydroxylation is 2. The zero-order valence-corrected chi connectivity index (χ0v) is 33.8. The lowest BCUT2D eigenvalue weighted by Gasteiger charge is -2.40. The number of nitrogens with one attached hydrogen (secondary N) is 2. The van der Waals surface area contributed by atoms with Gasteiger partial charge in [-0.3, -0.25) is 24.0 Å². The summed E-state index contributed by atoms with van der Waals surface area (Å²) in [5.74, 6) is -0.750. The van der Waals surface area contributed by atoms with Crippen LogP contribution in [0.1, 0.15) is 108 Å². The molecule has 57 heavy (non-hydrogen) atoms. The molecule has 0 radical (unpaired) electrons. The Morgan fingerprint density at radius 3 is 2.53 bits per heavy atom. The van der Waals surface area contributed by atoms with Gasteiger partial charge in [0, 0.05) is 23.3 Å². The Balaban J connectivity index is 1.09. The fourth-order valence-electron chi connectivity index (χ4n) is 10.1. The summed E-state index contributed by atoms with van der Waals surface area (Å²) in [7, 11) is -2.39. The lowest BCUT2D eigenvalue weighted by Crippen LogP contribution is -2.60. The Hall–Kier alpha value is -4.40. The molecule has 7 aliphatic rings. The quantitative estimate of drug-likeness (QED) is 0.326. The highest BCUT2D eigenvalue weighted by Crippen LogP contribution is 2.59. The van der Waals surface area contributed by atoms with E-state index in [9.17, 15) is 27.9 Å². The Morgan fingerprint density at radius 2 is 1.84 bits per heavy atom. The number of allylic oxidation sites excluding steroid dienone is 1. The van der Waals surface area contributed by atoms with E-state index in [4.69, 9.17) is 14.5 Å². The summed E-state index contributed by atoms with van der Waals surface area (Å²) in [5, 5.41) is 14.7. The Labute approximate surface area is 333 Å². The van der Waals surface area contributed by atoms with E-state index >= 15 is 4.79 Å². The second kappa shape index (κ2) is 13.3. The molecule has 4 aliphatic carbocycles. The van der Waals surface area contributed by atoms with Gasteiger partial charge in [0.25, 0.3) is 5.91 Å². The fraction of sp³-hybridized carbons (Fsp3) is 0.643. The zero-order chi connectivity index (χ0) is 40.1. The number of methoxy groups -OCH3 is 1. The number of hydrogen-bond acceptors (Lipinski definition) is 9. The minimum absolute atomic E-state index is 0.0363. The third kappa shape index (κ3) is 6.42. The maximum absolute atomic E-state index is 15.3. The average Bonchev–Trinajstić information content (AvgIpc) is 3.96. The Bertz CT molecular complexity index is 2200. The number of pyridine rings is 1. The van der Waals surface area contributed by atoms with Crippen molar-refractivity contribution >= 4 is 44.7 Å². The van der Waals surface area contributed by atoms with Gasteiger partial charge >= 0.3 is 6.09 Å². The molecule has 9 rings (SSSR count). The van der Waals surface area contributed by atoms with E-state index in [1.165, 1.54) is 9.80 Å². The van der Waals surface area contributed by atoms with Gasteiger partial charge in [-0.1, -0.05) is 25.0 Å². The molecule has 0 bridgehead atoms. The molecule has 306 valence electrons. The van der Waals surface area contributed by atoms with Crippen molar-refractivity contribution in [1.82, 2.24) is 24.8 Å². The Morgan fingerprint density at radius 1 is 1.07 bits per heavy atom. The smallest absolute Gasteiger partial charge is 0.408 e. The second-order valence-corrected chi connectivity index (χ2v) is 20.3. The number of carbonyl (C=O) groups excluding carboxylic acids is 3. The monoisotopic (exact) mass is 803 g/mol. The third-order valence-electron chi connectivity index (χ3n) is 14.2. The van der Waals surface area contributed by atoms with Gasteiger partial charge in [-0.05, 0) is 115 Å². The molecule has 4 saturated carbocycles. The molecule has 5 fully saturated rings. The maximum atomic E-state index is 15.3. The van der Waals surface area contributed by atoms with Gasteiger partial charge < -0.3 is 24.8 Å². The molecule has 15 heteroatoms. The van der Waals surface area contributed by atoms with Gasteiger partial charge in [-0.25, -0.2) is 18.2 Å². The van der Waals surface area contributed by atoms with Crippen LogP contribution >= 0.6 is 0 Å². The normalized spacial score (nSPS) is 32.0.